The Hall–Kier alpha value is -3.14. The second-order valence-corrected chi connectivity index (χ2v) is 9.80. The van der Waals surface area contributed by atoms with Crippen LogP contribution >= 0.6 is 0 Å². The van der Waals surface area contributed by atoms with Crippen molar-refractivity contribution < 1.29 is 23.8 Å². The van der Waals surface area contributed by atoms with Gasteiger partial charge < -0.3 is 14.2 Å². The summed E-state index contributed by atoms with van der Waals surface area (Å²) in [6.45, 7) is 17.1. The molecule has 9 heteroatoms. The quantitative estimate of drug-likeness (QED) is 0.155. The maximum atomic E-state index is 12.6. The second-order valence-electron chi connectivity index (χ2n) is 9.80. The number of fused-ring (bicyclic) bond motifs is 1. The third kappa shape index (κ3) is 9.63. The monoisotopic (exact) mass is 529 g/mol. The van der Waals surface area contributed by atoms with Gasteiger partial charge in [0.25, 0.3) is 0 Å². The molecule has 0 saturated carbocycles. The number of nitrogens with zero attached hydrogens (tertiary/aromatic N) is 2. The first-order valence-electron chi connectivity index (χ1n) is 12.9. The van der Waals surface area contributed by atoms with E-state index in [-0.39, 0.29) is 25.7 Å². The molecule has 38 heavy (non-hydrogen) atoms. The number of ether oxygens (including phenoxy) is 3. The van der Waals surface area contributed by atoms with Crippen LogP contribution in [0.5, 0.6) is 0 Å². The molecule has 1 aliphatic rings. The minimum absolute atomic E-state index is 0.106. The van der Waals surface area contributed by atoms with Gasteiger partial charge in [-0.3, -0.25) is 4.79 Å². The van der Waals surface area contributed by atoms with Crippen molar-refractivity contribution in [2.75, 3.05) is 26.4 Å². The molecule has 1 aromatic rings. The van der Waals surface area contributed by atoms with Crippen molar-refractivity contribution in [3.8, 4) is 0 Å². The van der Waals surface area contributed by atoms with Crippen LogP contribution in [0.3, 0.4) is 0 Å². The molecule has 1 atom stereocenters. The van der Waals surface area contributed by atoms with E-state index in [1.54, 1.807) is 19.9 Å². The van der Waals surface area contributed by atoms with E-state index in [1.807, 2.05) is 58.9 Å². The number of allylic oxidation sites excluding steroid dienone is 4. The van der Waals surface area contributed by atoms with Gasteiger partial charge in [0.1, 0.15) is 13.2 Å². The van der Waals surface area contributed by atoms with Gasteiger partial charge in [-0.25, -0.2) is 15.6 Å². The number of hydrogen-bond donors (Lipinski definition) is 1. The first kappa shape index (κ1) is 32.9. The van der Waals surface area contributed by atoms with Crippen molar-refractivity contribution in [3.63, 3.8) is 0 Å². The summed E-state index contributed by atoms with van der Waals surface area (Å²) in [6.07, 6.45) is 5.54. The van der Waals surface area contributed by atoms with Gasteiger partial charge in [0.15, 0.2) is 0 Å². The van der Waals surface area contributed by atoms with E-state index in [1.165, 1.54) is 0 Å². The molecule has 0 radical (unpaired) electrons. The van der Waals surface area contributed by atoms with Crippen molar-refractivity contribution in [2.24, 2.45) is 11.0 Å². The van der Waals surface area contributed by atoms with E-state index < -0.39 is 29.8 Å². The van der Waals surface area contributed by atoms with Crippen LogP contribution in [0.1, 0.15) is 71.9 Å². The number of amides is 2. The molecule has 0 bridgehead atoms. The van der Waals surface area contributed by atoms with Crippen molar-refractivity contribution in [3.05, 3.63) is 70.7 Å². The van der Waals surface area contributed by atoms with E-state index in [2.05, 4.69) is 23.9 Å². The number of nitroso groups, excluding NO2 is 1. The molecule has 1 unspecified atom stereocenters. The lowest BCUT2D eigenvalue weighted by atomic mass is 9.97. The smallest absolute Gasteiger partial charge is 0.424 e. The Morgan fingerprint density at radius 3 is 2.39 bits per heavy atom. The van der Waals surface area contributed by atoms with E-state index in [0.29, 0.717) is 6.42 Å². The van der Waals surface area contributed by atoms with E-state index in [9.17, 15) is 14.5 Å². The lowest BCUT2D eigenvalue weighted by Gasteiger charge is -2.32. The standard InChI is InChI=1S/C27H37N3O6.C2H6/c1-7-11-20-19(8-2)21-12-9-10-13-22(21)23(20)16-34-25(32)30(28)15-14-26(3,4)36-18-27(5,6)35-17-24(31)29-33;1-2/h7-13,23H,1,14-18,28H2,2-6H3;1-2H3/b19-8+,20-11+;. The van der Waals surface area contributed by atoms with Crippen molar-refractivity contribution in [1.82, 2.24) is 5.01 Å². The average Bonchev–Trinajstić information content (AvgIpc) is 3.21. The maximum absolute atomic E-state index is 12.6. The molecular formula is C29H43N3O6. The Labute approximate surface area is 226 Å². The largest absolute Gasteiger partial charge is 0.447 e. The molecule has 1 aliphatic carbocycles. The Balaban J connectivity index is 0.00000352. The predicted molar refractivity (Wildman–Crippen MR) is 150 cm³/mol. The Morgan fingerprint density at radius 2 is 1.79 bits per heavy atom. The molecule has 9 nitrogen and oxygen atoms in total. The number of hydrogen-bond acceptors (Lipinski definition) is 7. The number of carbonyl (C=O) groups is 2. The Kier molecular flexibility index (Phi) is 13.3. The summed E-state index contributed by atoms with van der Waals surface area (Å²) < 4.78 is 16.9. The molecule has 0 spiro atoms. The van der Waals surface area contributed by atoms with Gasteiger partial charge in [0.2, 0.25) is 0 Å². The molecule has 0 fully saturated rings. The highest BCUT2D eigenvalue weighted by Gasteiger charge is 2.32. The van der Waals surface area contributed by atoms with Crippen LogP contribution in [0.4, 0.5) is 4.79 Å². The first-order chi connectivity index (χ1) is 17.9. The number of rotatable bonds is 12. The number of carbonyl (C=O) groups excluding carboxylic acids is 2. The minimum Gasteiger partial charge on any atom is -0.447 e. The van der Waals surface area contributed by atoms with Crippen LogP contribution in [0.25, 0.3) is 5.57 Å². The van der Waals surface area contributed by atoms with Crippen LogP contribution < -0.4 is 5.84 Å². The van der Waals surface area contributed by atoms with Crippen LogP contribution in [0.15, 0.2) is 59.8 Å². The zero-order valence-corrected chi connectivity index (χ0v) is 23.8. The third-order valence-electron chi connectivity index (χ3n) is 5.96. The van der Waals surface area contributed by atoms with Gasteiger partial charge in [-0.1, -0.05) is 62.9 Å². The lowest BCUT2D eigenvalue weighted by molar-refractivity contribution is -0.142. The fraction of sp³-hybridized carbons (Fsp3) is 0.517. The number of hydrazine groups is 1. The SMILES string of the molecule is C=C/C=C1\C(=C/C)c2ccccc2C1COC(=O)N(N)CCC(C)(C)OCC(C)(C)OCC(=O)N=O.CC. The molecule has 0 aliphatic heterocycles. The molecule has 210 valence electrons. The fourth-order valence-electron chi connectivity index (χ4n) is 3.88. The summed E-state index contributed by atoms with van der Waals surface area (Å²) >= 11 is 0. The molecule has 0 saturated heterocycles. The van der Waals surface area contributed by atoms with Gasteiger partial charge in [0, 0.05) is 17.6 Å². The van der Waals surface area contributed by atoms with Gasteiger partial charge >= 0.3 is 12.0 Å². The van der Waals surface area contributed by atoms with Crippen molar-refractivity contribution in [1.29, 1.82) is 0 Å². The third-order valence-corrected chi connectivity index (χ3v) is 5.96. The average molecular weight is 530 g/mol. The topological polar surface area (TPSA) is 121 Å². The second kappa shape index (κ2) is 15.3. The molecule has 0 heterocycles. The van der Waals surface area contributed by atoms with Crippen molar-refractivity contribution >= 4 is 17.6 Å². The Bertz CT molecular complexity index is 1030. The first-order valence-corrected chi connectivity index (χ1v) is 12.9. The maximum Gasteiger partial charge on any atom is 0.424 e. The molecule has 2 N–H and O–H groups in total. The predicted octanol–water partition coefficient (Wildman–Crippen LogP) is 5.91. The fourth-order valence-corrected chi connectivity index (χ4v) is 3.88. The summed E-state index contributed by atoms with van der Waals surface area (Å²) in [5.74, 6) is 5.00. The normalized spacial score (nSPS) is 16.9. The summed E-state index contributed by atoms with van der Waals surface area (Å²) in [5.41, 5.74) is 2.93. The van der Waals surface area contributed by atoms with Crippen molar-refractivity contribution in [2.45, 2.75) is 72.0 Å². The molecule has 1 aromatic carbocycles. The van der Waals surface area contributed by atoms with E-state index in [4.69, 9.17) is 20.1 Å². The Morgan fingerprint density at radius 1 is 1.13 bits per heavy atom. The highest BCUT2D eigenvalue weighted by molar-refractivity contribution is 5.88. The summed E-state index contributed by atoms with van der Waals surface area (Å²) in [7, 11) is 0. The highest BCUT2D eigenvalue weighted by atomic mass is 16.6. The lowest BCUT2D eigenvalue weighted by Crippen LogP contribution is -2.43. The van der Waals surface area contributed by atoms with Crippen LogP contribution in [-0.4, -0.2) is 54.6 Å². The van der Waals surface area contributed by atoms with Gasteiger partial charge in [0.05, 0.1) is 17.8 Å². The molecule has 2 rings (SSSR count). The minimum atomic E-state index is -0.880. The molecular weight excluding hydrogens is 486 g/mol. The number of nitrogens with two attached hydrogens (primary N) is 1. The summed E-state index contributed by atoms with van der Waals surface area (Å²) in [4.78, 5) is 33.9. The molecule has 0 aromatic heterocycles. The summed E-state index contributed by atoms with van der Waals surface area (Å²) in [5, 5.41) is 3.35. The van der Waals surface area contributed by atoms with Crippen LogP contribution in [0.2, 0.25) is 0 Å². The molecule has 2 amide bonds. The van der Waals surface area contributed by atoms with Gasteiger partial charge in [-0.05, 0) is 63.3 Å². The van der Waals surface area contributed by atoms with E-state index >= 15 is 0 Å². The van der Waals surface area contributed by atoms with Gasteiger partial charge in [-0.15, -0.1) is 4.91 Å². The van der Waals surface area contributed by atoms with Crippen LogP contribution in [-0.2, 0) is 19.0 Å². The van der Waals surface area contributed by atoms with E-state index in [0.717, 1.165) is 27.3 Å². The summed E-state index contributed by atoms with van der Waals surface area (Å²) in [6, 6.07) is 8.06. The zero-order chi connectivity index (χ0) is 28.9. The van der Waals surface area contributed by atoms with Gasteiger partial charge in [-0.2, -0.15) is 0 Å². The highest BCUT2D eigenvalue weighted by Crippen LogP contribution is 2.45. The zero-order valence-electron chi connectivity index (χ0n) is 23.8. The van der Waals surface area contributed by atoms with Crippen LogP contribution in [0, 0.1) is 4.91 Å². The number of benzene rings is 1.